The number of hydrogen-bond donors (Lipinski definition) is 2. The van der Waals surface area contributed by atoms with Gasteiger partial charge in [-0.2, -0.15) is 0 Å². The quantitative estimate of drug-likeness (QED) is 0.788. The van der Waals surface area contributed by atoms with Crippen LogP contribution in [0.3, 0.4) is 0 Å². The maximum absolute atomic E-state index is 12.5. The van der Waals surface area contributed by atoms with E-state index in [-0.39, 0.29) is 12.5 Å². The van der Waals surface area contributed by atoms with Gasteiger partial charge in [0, 0.05) is 17.0 Å². The van der Waals surface area contributed by atoms with Crippen LogP contribution >= 0.6 is 11.8 Å². The highest BCUT2D eigenvalue weighted by Gasteiger charge is 2.35. The summed E-state index contributed by atoms with van der Waals surface area (Å²) in [5.41, 5.74) is 0.916. The first-order chi connectivity index (χ1) is 11.4. The number of carbonyl (C=O) groups is 2. The van der Waals surface area contributed by atoms with E-state index in [0.29, 0.717) is 11.1 Å². The van der Waals surface area contributed by atoms with Gasteiger partial charge >= 0.3 is 5.97 Å². The Morgan fingerprint density at radius 1 is 1.17 bits per heavy atom. The van der Waals surface area contributed by atoms with Crippen molar-refractivity contribution in [2.45, 2.75) is 24.2 Å². The molecule has 126 valence electrons. The van der Waals surface area contributed by atoms with Crippen LogP contribution in [0.5, 0.6) is 0 Å². The van der Waals surface area contributed by atoms with E-state index < -0.39 is 11.4 Å². The average molecular weight is 343 g/mol. The standard InChI is InChI=1S/C19H21NO3S/c1-13-9-10-15(24-3)11-16(13)17(21)20-12-19(2,18(22)23)14-7-5-4-6-8-14/h4-11H,12H2,1-3H3,(H,20,21)(H,22,23). The minimum Gasteiger partial charge on any atom is -0.481 e. The van der Waals surface area contributed by atoms with Crippen LogP contribution in [-0.4, -0.2) is 29.8 Å². The van der Waals surface area contributed by atoms with Crippen molar-refractivity contribution in [2.75, 3.05) is 12.8 Å². The number of hydrogen-bond acceptors (Lipinski definition) is 3. The number of benzene rings is 2. The molecule has 1 amide bonds. The van der Waals surface area contributed by atoms with E-state index in [2.05, 4.69) is 5.32 Å². The van der Waals surface area contributed by atoms with Crippen LogP contribution in [0.25, 0.3) is 0 Å². The van der Waals surface area contributed by atoms with Gasteiger partial charge in [0.1, 0.15) is 5.41 Å². The van der Waals surface area contributed by atoms with Crippen molar-refractivity contribution in [1.82, 2.24) is 5.32 Å². The van der Waals surface area contributed by atoms with E-state index in [0.717, 1.165) is 10.5 Å². The monoisotopic (exact) mass is 343 g/mol. The SMILES string of the molecule is CSc1ccc(C)c(C(=O)NCC(C)(C(=O)O)c2ccccc2)c1. The summed E-state index contributed by atoms with van der Waals surface area (Å²) >= 11 is 1.56. The van der Waals surface area contributed by atoms with Crippen LogP contribution in [0.1, 0.15) is 28.4 Å². The van der Waals surface area contributed by atoms with Crippen LogP contribution in [0.15, 0.2) is 53.4 Å². The molecule has 0 aliphatic rings. The molecule has 0 fully saturated rings. The smallest absolute Gasteiger partial charge is 0.315 e. The van der Waals surface area contributed by atoms with Crippen molar-refractivity contribution in [3.8, 4) is 0 Å². The van der Waals surface area contributed by atoms with Crippen molar-refractivity contribution < 1.29 is 14.7 Å². The summed E-state index contributed by atoms with van der Waals surface area (Å²) in [6.45, 7) is 3.51. The van der Waals surface area contributed by atoms with E-state index in [1.807, 2.05) is 37.4 Å². The lowest BCUT2D eigenvalue weighted by molar-refractivity contribution is -0.142. The summed E-state index contributed by atoms with van der Waals surface area (Å²) in [5, 5.41) is 12.4. The molecule has 2 N–H and O–H groups in total. The zero-order chi connectivity index (χ0) is 17.7. The maximum Gasteiger partial charge on any atom is 0.315 e. The van der Waals surface area contributed by atoms with Crippen molar-refractivity contribution >= 4 is 23.6 Å². The van der Waals surface area contributed by atoms with Gasteiger partial charge in [-0.3, -0.25) is 9.59 Å². The fourth-order valence-corrected chi connectivity index (χ4v) is 2.87. The Morgan fingerprint density at radius 3 is 2.42 bits per heavy atom. The van der Waals surface area contributed by atoms with Gasteiger partial charge < -0.3 is 10.4 Å². The topological polar surface area (TPSA) is 66.4 Å². The number of aliphatic carboxylic acids is 1. The minimum absolute atomic E-state index is 0.0219. The van der Waals surface area contributed by atoms with Crippen LogP contribution in [-0.2, 0) is 10.2 Å². The second-order valence-corrected chi connectivity index (χ2v) is 6.75. The summed E-state index contributed by atoms with van der Waals surface area (Å²) in [6, 6.07) is 14.6. The highest BCUT2D eigenvalue weighted by molar-refractivity contribution is 7.98. The first-order valence-electron chi connectivity index (χ1n) is 7.60. The molecule has 2 aromatic carbocycles. The summed E-state index contributed by atoms with van der Waals surface area (Å²) in [6.07, 6.45) is 1.95. The molecular weight excluding hydrogens is 322 g/mol. The molecule has 0 radical (unpaired) electrons. The molecular formula is C19H21NO3S. The molecule has 5 heteroatoms. The molecule has 0 aliphatic heterocycles. The third-order valence-corrected chi connectivity index (χ3v) is 4.90. The van der Waals surface area contributed by atoms with Crippen molar-refractivity contribution in [3.63, 3.8) is 0 Å². The molecule has 4 nitrogen and oxygen atoms in total. The predicted octanol–water partition coefficient (Wildman–Crippen LogP) is 3.49. The number of carboxylic acid groups (broad SMARTS) is 1. The molecule has 0 saturated carbocycles. The molecule has 0 bridgehead atoms. The number of carbonyl (C=O) groups excluding carboxylic acids is 1. The van der Waals surface area contributed by atoms with Gasteiger partial charge in [-0.25, -0.2) is 0 Å². The van der Waals surface area contributed by atoms with Gasteiger partial charge in [-0.1, -0.05) is 36.4 Å². The van der Waals surface area contributed by atoms with Crippen molar-refractivity contribution in [2.24, 2.45) is 0 Å². The van der Waals surface area contributed by atoms with Crippen LogP contribution in [0.2, 0.25) is 0 Å². The third kappa shape index (κ3) is 3.79. The Morgan fingerprint density at radius 2 is 1.83 bits per heavy atom. The predicted molar refractivity (Wildman–Crippen MR) is 96.7 cm³/mol. The lowest BCUT2D eigenvalue weighted by Gasteiger charge is -2.26. The van der Waals surface area contributed by atoms with E-state index >= 15 is 0 Å². The van der Waals surface area contributed by atoms with Crippen LogP contribution in [0.4, 0.5) is 0 Å². The number of carboxylic acids is 1. The summed E-state index contributed by atoms with van der Waals surface area (Å²) in [7, 11) is 0. The Kier molecular flexibility index (Phi) is 5.67. The largest absolute Gasteiger partial charge is 0.481 e. The lowest BCUT2D eigenvalue weighted by Crippen LogP contribution is -2.44. The van der Waals surface area contributed by atoms with E-state index in [1.165, 1.54) is 0 Å². The van der Waals surface area contributed by atoms with Gasteiger partial charge in [-0.05, 0) is 43.4 Å². The first-order valence-corrected chi connectivity index (χ1v) is 8.82. The lowest BCUT2D eigenvalue weighted by atomic mass is 9.82. The molecule has 1 unspecified atom stereocenters. The molecule has 0 saturated heterocycles. The second-order valence-electron chi connectivity index (χ2n) is 5.87. The number of aryl methyl sites for hydroxylation is 1. The van der Waals surface area contributed by atoms with Crippen molar-refractivity contribution in [3.05, 3.63) is 65.2 Å². The van der Waals surface area contributed by atoms with Gasteiger partial charge in [0.25, 0.3) is 5.91 Å². The number of amides is 1. The molecule has 0 spiro atoms. The van der Waals surface area contributed by atoms with E-state index in [1.54, 1.807) is 43.0 Å². The van der Waals surface area contributed by atoms with Crippen LogP contribution < -0.4 is 5.32 Å². The maximum atomic E-state index is 12.5. The zero-order valence-electron chi connectivity index (χ0n) is 14.0. The van der Waals surface area contributed by atoms with Crippen molar-refractivity contribution in [1.29, 1.82) is 0 Å². The summed E-state index contributed by atoms with van der Waals surface area (Å²) in [5.74, 6) is -1.23. The first kappa shape index (κ1) is 18.1. The molecule has 0 aliphatic carbocycles. The minimum atomic E-state index is -1.18. The summed E-state index contributed by atoms with van der Waals surface area (Å²) < 4.78 is 0. The number of rotatable bonds is 6. The van der Waals surface area contributed by atoms with E-state index in [9.17, 15) is 14.7 Å². The Hall–Kier alpha value is -2.27. The fourth-order valence-electron chi connectivity index (χ4n) is 2.43. The molecule has 2 rings (SSSR count). The Labute approximate surface area is 146 Å². The van der Waals surface area contributed by atoms with Gasteiger partial charge in [0.15, 0.2) is 0 Å². The summed E-state index contributed by atoms with van der Waals surface area (Å²) in [4.78, 5) is 25.3. The Bertz CT molecular complexity index is 746. The molecule has 1 atom stereocenters. The van der Waals surface area contributed by atoms with E-state index in [4.69, 9.17) is 0 Å². The Balaban J connectivity index is 2.21. The third-order valence-electron chi connectivity index (χ3n) is 4.17. The molecule has 0 heterocycles. The second kappa shape index (κ2) is 7.53. The number of nitrogens with one attached hydrogen (secondary N) is 1. The molecule has 2 aromatic rings. The fraction of sp³-hybridized carbons (Fsp3) is 0.263. The molecule has 24 heavy (non-hydrogen) atoms. The highest BCUT2D eigenvalue weighted by Crippen LogP contribution is 2.24. The average Bonchev–Trinajstić information content (AvgIpc) is 2.60. The zero-order valence-corrected chi connectivity index (χ0v) is 14.8. The highest BCUT2D eigenvalue weighted by atomic mass is 32.2. The van der Waals surface area contributed by atoms with Gasteiger partial charge in [0.05, 0.1) is 0 Å². The van der Waals surface area contributed by atoms with Crippen LogP contribution in [0, 0.1) is 6.92 Å². The number of thioether (sulfide) groups is 1. The molecule has 0 aromatic heterocycles. The van der Waals surface area contributed by atoms with Gasteiger partial charge in [0.2, 0.25) is 0 Å². The van der Waals surface area contributed by atoms with Gasteiger partial charge in [-0.15, -0.1) is 11.8 Å². The normalized spacial score (nSPS) is 13.1.